The number of aryl methyl sites for hydroxylation is 1. The second-order valence-electron chi connectivity index (χ2n) is 5.52. The smallest absolute Gasteiger partial charge is 0.188 e. The first-order valence-electron chi connectivity index (χ1n) is 5.82. The van der Waals surface area contributed by atoms with Crippen LogP contribution in [0.3, 0.4) is 0 Å². The minimum Gasteiger partial charge on any atom is -0.289 e. The lowest BCUT2D eigenvalue weighted by atomic mass is 9.83. The summed E-state index contributed by atoms with van der Waals surface area (Å²) in [5.41, 5.74) is 3.14. The molecular weight excluding hydrogens is 196 g/mol. The van der Waals surface area contributed by atoms with Gasteiger partial charge in [-0.05, 0) is 29.4 Å². The SMILES string of the molecule is CC(C)(C)/C=C1/CCc2ccccc2C1=O. The predicted molar refractivity (Wildman–Crippen MR) is 66.6 cm³/mol. The van der Waals surface area contributed by atoms with E-state index >= 15 is 0 Å². The molecule has 0 saturated carbocycles. The second kappa shape index (κ2) is 3.89. The van der Waals surface area contributed by atoms with E-state index in [1.165, 1.54) is 5.56 Å². The summed E-state index contributed by atoms with van der Waals surface area (Å²) < 4.78 is 0. The third-order valence-electron chi connectivity index (χ3n) is 2.82. The number of Topliss-reactive ketones (excluding diaryl/α,β-unsaturated/α-hetero) is 1. The van der Waals surface area contributed by atoms with Gasteiger partial charge in [-0.2, -0.15) is 0 Å². The Morgan fingerprint density at radius 3 is 2.50 bits per heavy atom. The van der Waals surface area contributed by atoms with Crippen LogP contribution in [0.15, 0.2) is 35.9 Å². The summed E-state index contributed by atoms with van der Waals surface area (Å²) >= 11 is 0. The molecular formula is C15H18O. The Balaban J connectivity index is 2.39. The van der Waals surface area contributed by atoms with Crippen LogP contribution in [0.1, 0.15) is 43.1 Å². The van der Waals surface area contributed by atoms with Crippen molar-refractivity contribution in [3.8, 4) is 0 Å². The van der Waals surface area contributed by atoms with Crippen molar-refractivity contribution in [2.45, 2.75) is 33.6 Å². The van der Waals surface area contributed by atoms with Crippen molar-refractivity contribution in [1.82, 2.24) is 0 Å². The molecule has 0 bridgehead atoms. The van der Waals surface area contributed by atoms with Crippen LogP contribution < -0.4 is 0 Å². The standard InChI is InChI=1S/C15H18O/c1-15(2,3)10-12-9-8-11-6-4-5-7-13(11)14(12)16/h4-7,10H,8-9H2,1-3H3/b12-10-. The predicted octanol–water partition coefficient (Wildman–Crippen LogP) is 3.79. The molecule has 1 heteroatoms. The quantitative estimate of drug-likeness (QED) is 0.600. The van der Waals surface area contributed by atoms with Crippen molar-refractivity contribution >= 4 is 5.78 Å². The topological polar surface area (TPSA) is 17.1 Å². The van der Waals surface area contributed by atoms with Gasteiger partial charge in [-0.1, -0.05) is 51.1 Å². The summed E-state index contributed by atoms with van der Waals surface area (Å²) in [6, 6.07) is 7.94. The Morgan fingerprint density at radius 1 is 1.12 bits per heavy atom. The van der Waals surface area contributed by atoms with Gasteiger partial charge in [0.25, 0.3) is 0 Å². The Morgan fingerprint density at radius 2 is 1.81 bits per heavy atom. The number of carbonyl (C=O) groups excluding carboxylic acids is 1. The molecule has 0 unspecified atom stereocenters. The fraction of sp³-hybridized carbons (Fsp3) is 0.400. The molecule has 1 nitrogen and oxygen atoms in total. The second-order valence-corrected chi connectivity index (χ2v) is 5.52. The van der Waals surface area contributed by atoms with Gasteiger partial charge in [-0.15, -0.1) is 0 Å². The molecule has 0 spiro atoms. The first-order valence-corrected chi connectivity index (χ1v) is 5.82. The summed E-state index contributed by atoms with van der Waals surface area (Å²) in [6.45, 7) is 6.40. The lowest BCUT2D eigenvalue weighted by Crippen LogP contribution is -2.16. The summed E-state index contributed by atoms with van der Waals surface area (Å²) in [5.74, 6) is 0.219. The summed E-state index contributed by atoms with van der Waals surface area (Å²) in [5, 5.41) is 0. The number of carbonyl (C=O) groups is 1. The Hall–Kier alpha value is -1.37. The molecule has 0 fully saturated rings. The number of benzene rings is 1. The van der Waals surface area contributed by atoms with Crippen LogP contribution in [0.25, 0.3) is 0 Å². The van der Waals surface area contributed by atoms with Crippen molar-refractivity contribution in [2.75, 3.05) is 0 Å². The van der Waals surface area contributed by atoms with E-state index < -0.39 is 0 Å². The summed E-state index contributed by atoms with van der Waals surface area (Å²) in [6.07, 6.45) is 3.99. The normalized spacial score (nSPS) is 18.7. The molecule has 0 N–H and O–H groups in total. The molecule has 2 rings (SSSR count). The molecule has 16 heavy (non-hydrogen) atoms. The third kappa shape index (κ3) is 2.24. The van der Waals surface area contributed by atoms with Crippen molar-refractivity contribution in [2.24, 2.45) is 5.41 Å². The van der Waals surface area contributed by atoms with Gasteiger partial charge in [-0.3, -0.25) is 4.79 Å². The van der Waals surface area contributed by atoms with Crippen LogP contribution in [0.5, 0.6) is 0 Å². The molecule has 0 radical (unpaired) electrons. The molecule has 1 aliphatic carbocycles. The van der Waals surface area contributed by atoms with Crippen LogP contribution in [-0.4, -0.2) is 5.78 Å². The van der Waals surface area contributed by atoms with E-state index in [0.29, 0.717) is 0 Å². The Labute approximate surface area is 97.2 Å². The van der Waals surface area contributed by atoms with Crippen molar-refractivity contribution in [1.29, 1.82) is 0 Å². The van der Waals surface area contributed by atoms with Crippen LogP contribution in [0.2, 0.25) is 0 Å². The van der Waals surface area contributed by atoms with Crippen LogP contribution in [0.4, 0.5) is 0 Å². The van der Waals surface area contributed by atoms with Crippen molar-refractivity contribution in [3.63, 3.8) is 0 Å². The average molecular weight is 214 g/mol. The van der Waals surface area contributed by atoms with Crippen molar-refractivity contribution < 1.29 is 4.79 Å². The van der Waals surface area contributed by atoms with E-state index in [1.807, 2.05) is 18.2 Å². The lowest BCUT2D eigenvalue weighted by Gasteiger charge is -2.21. The molecule has 0 amide bonds. The molecule has 0 saturated heterocycles. The fourth-order valence-electron chi connectivity index (χ4n) is 2.18. The molecule has 0 atom stereocenters. The highest BCUT2D eigenvalue weighted by Gasteiger charge is 2.22. The Bertz CT molecular complexity index is 447. The van der Waals surface area contributed by atoms with E-state index in [-0.39, 0.29) is 11.2 Å². The first-order chi connectivity index (χ1) is 7.47. The van der Waals surface area contributed by atoms with Crippen LogP contribution >= 0.6 is 0 Å². The third-order valence-corrected chi connectivity index (χ3v) is 2.82. The van der Waals surface area contributed by atoms with E-state index in [1.54, 1.807) is 0 Å². The number of hydrogen-bond donors (Lipinski definition) is 0. The highest BCUT2D eigenvalue weighted by molar-refractivity contribution is 6.10. The van der Waals surface area contributed by atoms with E-state index in [9.17, 15) is 4.79 Å². The number of allylic oxidation sites excluding steroid dienone is 2. The minimum absolute atomic E-state index is 0.0806. The molecule has 1 aromatic carbocycles. The average Bonchev–Trinajstić information content (AvgIpc) is 2.21. The zero-order valence-electron chi connectivity index (χ0n) is 10.2. The summed E-state index contributed by atoms with van der Waals surface area (Å²) in [4.78, 5) is 12.2. The monoisotopic (exact) mass is 214 g/mol. The van der Waals surface area contributed by atoms with Gasteiger partial charge < -0.3 is 0 Å². The maximum atomic E-state index is 12.2. The molecule has 1 aliphatic rings. The van der Waals surface area contributed by atoms with Crippen molar-refractivity contribution in [3.05, 3.63) is 47.0 Å². The number of hydrogen-bond acceptors (Lipinski definition) is 1. The highest BCUT2D eigenvalue weighted by Crippen LogP contribution is 2.28. The minimum atomic E-state index is 0.0806. The fourth-order valence-corrected chi connectivity index (χ4v) is 2.18. The van der Waals surface area contributed by atoms with E-state index in [0.717, 1.165) is 24.0 Å². The number of ketones is 1. The lowest BCUT2D eigenvalue weighted by molar-refractivity contribution is 0.102. The summed E-state index contributed by atoms with van der Waals surface area (Å²) in [7, 11) is 0. The largest absolute Gasteiger partial charge is 0.289 e. The molecule has 1 aromatic rings. The zero-order chi connectivity index (χ0) is 11.8. The Kier molecular flexibility index (Phi) is 2.71. The maximum Gasteiger partial charge on any atom is 0.188 e. The zero-order valence-corrected chi connectivity index (χ0v) is 10.2. The molecule has 0 aliphatic heterocycles. The van der Waals surface area contributed by atoms with E-state index in [2.05, 4.69) is 32.9 Å². The van der Waals surface area contributed by atoms with Gasteiger partial charge in [0, 0.05) is 5.56 Å². The van der Waals surface area contributed by atoms with Gasteiger partial charge in [0.2, 0.25) is 0 Å². The molecule has 84 valence electrons. The number of fused-ring (bicyclic) bond motifs is 1. The number of rotatable bonds is 0. The highest BCUT2D eigenvalue weighted by atomic mass is 16.1. The van der Waals surface area contributed by atoms with Gasteiger partial charge in [0.15, 0.2) is 5.78 Å². The maximum absolute atomic E-state index is 12.2. The molecule has 0 aromatic heterocycles. The molecule has 0 heterocycles. The van der Waals surface area contributed by atoms with Crippen LogP contribution in [0, 0.1) is 5.41 Å². The first kappa shape index (κ1) is 11.1. The van der Waals surface area contributed by atoms with Gasteiger partial charge >= 0.3 is 0 Å². The van der Waals surface area contributed by atoms with Gasteiger partial charge in [-0.25, -0.2) is 0 Å². The van der Waals surface area contributed by atoms with Gasteiger partial charge in [0.1, 0.15) is 0 Å². The van der Waals surface area contributed by atoms with Gasteiger partial charge in [0.05, 0.1) is 0 Å². The van der Waals surface area contributed by atoms with E-state index in [4.69, 9.17) is 0 Å². The van der Waals surface area contributed by atoms with Crippen LogP contribution in [-0.2, 0) is 6.42 Å².